The van der Waals surface area contributed by atoms with Gasteiger partial charge in [0.2, 0.25) is 0 Å². The predicted molar refractivity (Wildman–Crippen MR) is 85.7 cm³/mol. The zero-order valence-corrected chi connectivity index (χ0v) is 13.7. The molecule has 0 spiro atoms. The number of amides is 2. The quantitative estimate of drug-likeness (QED) is 0.726. The van der Waals surface area contributed by atoms with Crippen LogP contribution in [0.3, 0.4) is 0 Å². The van der Waals surface area contributed by atoms with Gasteiger partial charge in [-0.2, -0.15) is 11.8 Å². The molecule has 20 heavy (non-hydrogen) atoms. The van der Waals surface area contributed by atoms with Crippen LogP contribution in [0, 0.1) is 0 Å². The van der Waals surface area contributed by atoms with E-state index in [1.807, 2.05) is 13.2 Å². The molecule has 0 aliphatic carbocycles. The summed E-state index contributed by atoms with van der Waals surface area (Å²) in [5.41, 5.74) is 0.555. The first-order valence-corrected chi connectivity index (χ1v) is 8.25. The summed E-state index contributed by atoms with van der Waals surface area (Å²) in [5.74, 6) is -0.202. The van der Waals surface area contributed by atoms with E-state index in [0.29, 0.717) is 10.2 Å². The van der Waals surface area contributed by atoms with Crippen LogP contribution in [0.2, 0.25) is 0 Å². The van der Waals surface area contributed by atoms with Gasteiger partial charge in [-0.1, -0.05) is 22.9 Å². The maximum atomic E-state index is 11.9. The van der Waals surface area contributed by atoms with Gasteiger partial charge in [0.25, 0.3) is 0 Å². The molecule has 0 saturated carbocycles. The first kappa shape index (κ1) is 16.8. The number of carbonyl (C=O) groups is 2. The van der Waals surface area contributed by atoms with Gasteiger partial charge in [-0.25, -0.2) is 9.59 Å². The Labute approximate surface area is 130 Å². The van der Waals surface area contributed by atoms with Gasteiger partial charge >= 0.3 is 12.0 Å². The first-order valence-electron chi connectivity index (χ1n) is 6.06. The topological polar surface area (TPSA) is 78.4 Å². The standard InChI is InChI=1S/C13H17BrN2O3S/c1-3-10(7-20-2)15-13(19)16-11-5-8(12(17)18)4-9(14)6-11/h4-6,10H,3,7H2,1-2H3,(H,17,18)(H2,15,16,19). The highest BCUT2D eigenvalue weighted by atomic mass is 79.9. The van der Waals surface area contributed by atoms with Gasteiger partial charge in [-0.05, 0) is 30.9 Å². The Bertz CT molecular complexity index is 497. The van der Waals surface area contributed by atoms with Crippen LogP contribution < -0.4 is 10.6 Å². The van der Waals surface area contributed by atoms with Gasteiger partial charge in [0, 0.05) is 22.0 Å². The van der Waals surface area contributed by atoms with Gasteiger partial charge in [0.1, 0.15) is 0 Å². The SMILES string of the molecule is CCC(CSC)NC(=O)Nc1cc(Br)cc(C(=O)O)c1. The number of aromatic carboxylic acids is 1. The van der Waals surface area contributed by atoms with E-state index in [9.17, 15) is 9.59 Å². The number of carboxylic acids is 1. The Morgan fingerprint density at radius 1 is 1.40 bits per heavy atom. The van der Waals surface area contributed by atoms with E-state index < -0.39 is 5.97 Å². The fraction of sp³-hybridized carbons (Fsp3) is 0.385. The van der Waals surface area contributed by atoms with Crippen LogP contribution in [0.4, 0.5) is 10.5 Å². The summed E-state index contributed by atoms with van der Waals surface area (Å²) in [6.45, 7) is 2.00. The minimum Gasteiger partial charge on any atom is -0.478 e. The van der Waals surface area contributed by atoms with Crippen LogP contribution in [0.5, 0.6) is 0 Å². The molecule has 0 radical (unpaired) electrons. The summed E-state index contributed by atoms with van der Waals surface area (Å²) < 4.78 is 0.601. The molecule has 0 aliphatic rings. The van der Waals surface area contributed by atoms with Crippen LogP contribution in [0.25, 0.3) is 0 Å². The highest BCUT2D eigenvalue weighted by Crippen LogP contribution is 2.19. The third kappa shape index (κ3) is 5.42. The number of halogens is 1. The lowest BCUT2D eigenvalue weighted by atomic mass is 10.2. The van der Waals surface area contributed by atoms with E-state index in [-0.39, 0.29) is 17.6 Å². The molecule has 1 aromatic carbocycles. The molecule has 0 aliphatic heterocycles. The first-order chi connectivity index (χ1) is 9.46. The van der Waals surface area contributed by atoms with Crippen LogP contribution in [-0.2, 0) is 0 Å². The molecule has 0 aromatic heterocycles. The average molecular weight is 361 g/mol. The van der Waals surface area contributed by atoms with Crippen molar-refractivity contribution >= 4 is 45.4 Å². The smallest absolute Gasteiger partial charge is 0.335 e. The minimum absolute atomic E-state index is 0.0936. The van der Waals surface area contributed by atoms with Crippen molar-refractivity contribution in [3.05, 3.63) is 28.2 Å². The van der Waals surface area contributed by atoms with Crippen LogP contribution in [0.15, 0.2) is 22.7 Å². The number of urea groups is 1. The van der Waals surface area contributed by atoms with E-state index >= 15 is 0 Å². The molecule has 7 heteroatoms. The monoisotopic (exact) mass is 360 g/mol. The fourth-order valence-electron chi connectivity index (χ4n) is 1.60. The molecular weight excluding hydrogens is 344 g/mol. The molecule has 3 N–H and O–H groups in total. The number of hydrogen-bond donors (Lipinski definition) is 3. The Morgan fingerprint density at radius 3 is 2.65 bits per heavy atom. The number of benzene rings is 1. The van der Waals surface area contributed by atoms with Gasteiger partial charge in [0.15, 0.2) is 0 Å². The van der Waals surface area contributed by atoms with Crippen molar-refractivity contribution in [2.45, 2.75) is 19.4 Å². The molecule has 1 rings (SSSR count). The summed E-state index contributed by atoms with van der Waals surface area (Å²) in [5, 5.41) is 14.5. The number of carboxylic acid groups (broad SMARTS) is 1. The van der Waals surface area contributed by atoms with E-state index in [0.717, 1.165) is 12.2 Å². The number of nitrogens with one attached hydrogen (secondary N) is 2. The average Bonchev–Trinajstić information content (AvgIpc) is 2.37. The Balaban J connectivity index is 2.72. The molecule has 1 aromatic rings. The molecule has 0 heterocycles. The highest BCUT2D eigenvalue weighted by Gasteiger charge is 2.11. The van der Waals surface area contributed by atoms with E-state index in [1.165, 1.54) is 12.1 Å². The molecule has 1 atom stereocenters. The minimum atomic E-state index is -1.04. The van der Waals surface area contributed by atoms with Crippen LogP contribution >= 0.6 is 27.7 Å². The Hall–Kier alpha value is -1.21. The predicted octanol–water partition coefficient (Wildman–Crippen LogP) is 3.41. The van der Waals surface area contributed by atoms with Crippen molar-refractivity contribution in [1.82, 2.24) is 5.32 Å². The van der Waals surface area contributed by atoms with Crippen molar-refractivity contribution in [2.24, 2.45) is 0 Å². The van der Waals surface area contributed by atoms with Gasteiger partial charge in [-0.15, -0.1) is 0 Å². The molecule has 0 saturated heterocycles. The highest BCUT2D eigenvalue weighted by molar-refractivity contribution is 9.10. The van der Waals surface area contributed by atoms with Gasteiger partial charge in [-0.3, -0.25) is 0 Å². The van der Waals surface area contributed by atoms with Crippen molar-refractivity contribution in [3.63, 3.8) is 0 Å². The van der Waals surface area contributed by atoms with Gasteiger partial charge < -0.3 is 15.7 Å². The lowest BCUT2D eigenvalue weighted by Crippen LogP contribution is -2.39. The summed E-state index contributed by atoms with van der Waals surface area (Å²) in [7, 11) is 0. The normalized spacial score (nSPS) is 11.8. The number of rotatable bonds is 6. The number of thioether (sulfide) groups is 1. The van der Waals surface area contributed by atoms with Crippen molar-refractivity contribution < 1.29 is 14.7 Å². The Morgan fingerprint density at radius 2 is 2.10 bits per heavy atom. The molecule has 1 unspecified atom stereocenters. The van der Waals surface area contributed by atoms with E-state index in [4.69, 9.17) is 5.11 Å². The Kier molecular flexibility index (Phi) is 6.87. The van der Waals surface area contributed by atoms with E-state index in [2.05, 4.69) is 26.6 Å². The summed E-state index contributed by atoms with van der Waals surface area (Å²) >= 11 is 4.89. The zero-order valence-electron chi connectivity index (χ0n) is 11.3. The molecule has 0 fully saturated rings. The third-order valence-corrected chi connectivity index (χ3v) is 3.79. The van der Waals surface area contributed by atoms with Crippen LogP contribution in [0.1, 0.15) is 23.7 Å². The number of anilines is 1. The van der Waals surface area contributed by atoms with Gasteiger partial charge in [0.05, 0.1) is 5.56 Å². The summed E-state index contributed by atoms with van der Waals surface area (Å²) in [6, 6.07) is 4.31. The molecule has 110 valence electrons. The number of carbonyl (C=O) groups excluding carboxylic acids is 1. The van der Waals surface area contributed by atoms with E-state index in [1.54, 1.807) is 17.8 Å². The maximum Gasteiger partial charge on any atom is 0.335 e. The molecule has 5 nitrogen and oxygen atoms in total. The van der Waals surface area contributed by atoms with Crippen molar-refractivity contribution in [3.8, 4) is 0 Å². The van der Waals surface area contributed by atoms with Crippen LogP contribution in [-0.4, -0.2) is 35.2 Å². The molecular formula is C13H17BrN2O3S. The maximum absolute atomic E-state index is 11.9. The van der Waals surface area contributed by atoms with Crippen molar-refractivity contribution in [2.75, 3.05) is 17.3 Å². The second kappa shape index (κ2) is 8.16. The fourth-order valence-corrected chi connectivity index (χ4v) is 2.82. The summed E-state index contributed by atoms with van der Waals surface area (Å²) in [6.07, 6.45) is 2.82. The number of hydrogen-bond acceptors (Lipinski definition) is 3. The second-order valence-electron chi connectivity index (χ2n) is 4.19. The van der Waals surface area contributed by atoms with Crippen molar-refractivity contribution in [1.29, 1.82) is 0 Å². The second-order valence-corrected chi connectivity index (χ2v) is 6.02. The zero-order chi connectivity index (χ0) is 15.1. The lowest BCUT2D eigenvalue weighted by molar-refractivity contribution is 0.0697. The lowest BCUT2D eigenvalue weighted by Gasteiger charge is -2.16. The third-order valence-electron chi connectivity index (χ3n) is 2.60. The molecule has 0 bridgehead atoms. The molecule has 2 amide bonds. The summed E-state index contributed by atoms with van der Waals surface area (Å²) in [4.78, 5) is 22.8. The largest absolute Gasteiger partial charge is 0.478 e.